The van der Waals surface area contributed by atoms with Gasteiger partial charge in [-0.15, -0.1) is 0 Å². The predicted molar refractivity (Wildman–Crippen MR) is 63.0 cm³/mol. The van der Waals surface area contributed by atoms with Crippen molar-refractivity contribution in [2.45, 2.75) is 41.0 Å². The Hall–Kier alpha value is -0.570. The quantitative estimate of drug-likeness (QED) is 0.709. The van der Waals surface area contributed by atoms with Crippen LogP contribution in [0.15, 0.2) is 0 Å². The molecule has 3 nitrogen and oxygen atoms in total. The van der Waals surface area contributed by atoms with Crippen LogP contribution in [0.1, 0.15) is 41.0 Å². The van der Waals surface area contributed by atoms with Gasteiger partial charge < -0.3 is 10.0 Å². The zero-order valence-electron chi connectivity index (χ0n) is 10.7. The molecule has 1 N–H and O–H groups in total. The van der Waals surface area contributed by atoms with Crippen LogP contribution in [0.2, 0.25) is 0 Å². The van der Waals surface area contributed by atoms with Gasteiger partial charge in [-0.2, -0.15) is 0 Å². The number of aliphatic carboxylic acids is 1. The third kappa shape index (κ3) is 5.78. The monoisotopic (exact) mass is 215 g/mol. The Balaban J connectivity index is 4.05. The second-order valence-electron chi connectivity index (χ2n) is 5.23. The highest BCUT2D eigenvalue weighted by molar-refractivity contribution is 5.73. The number of carboxylic acids is 1. The molecular formula is C12H25NO2. The average molecular weight is 215 g/mol. The van der Waals surface area contributed by atoms with E-state index in [2.05, 4.69) is 25.7 Å². The van der Waals surface area contributed by atoms with Gasteiger partial charge in [-0.05, 0) is 39.3 Å². The maximum absolute atomic E-state index is 10.9. The Morgan fingerprint density at radius 3 is 2.27 bits per heavy atom. The van der Waals surface area contributed by atoms with Gasteiger partial charge in [0.2, 0.25) is 0 Å². The first-order chi connectivity index (χ1) is 6.79. The van der Waals surface area contributed by atoms with E-state index in [9.17, 15) is 4.79 Å². The summed E-state index contributed by atoms with van der Waals surface area (Å²) >= 11 is 0. The van der Waals surface area contributed by atoms with Gasteiger partial charge in [0.25, 0.3) is 0 Å². The lowest BCUT2D eigenvalue weighted by molar-refractivity contribution is -0.147. The predicted octanol–water partition coefficient (Wildman–Crippen LogP) is 2.47. The molecule has 15 heavy (non-hydrogen) atoms. The van der Waals surface area contributed by atoms with Crippen LogP contribution in [-0.2, 0) is 4.79 Å². The first kappa shape index (κ1) is 14.4. The molecule has 0 atom stereocenters. The van der Waals surface area contributed by atoms with E-state index in [0.29, 0.717) is 12.3 Å². The van der Waals surface area contributed by atoms with Gasteiger partial charge in [-0.3, -0.25) is 4.79 Å². The maximum atomic E-state index is 10.9. The van der Waals surface area contributed by atoms with Crippen molar-refractivity contribution in [2.24, 2.45) is 11.3 Å². The largest absolute Gasteiger partial charge is 0.481 e. The Morgan fingerprint density at radius 1 is 1.40 bits per heavy atom. The van der Waals surface area contributed by atoms with Crippen molar-refractivity contribution in [2.75, 3.05) is 19.6 Å². The van der Waals surface area contributed by atoms with Crippen LogP contribution in [0.25, 0.3) is 0 Å². The maximum Gasteiger partial charge on any atom is 0.309 e. The topological polar surface area (TPSA) is 40.5 Å². The first-order valence-corrected chi connectivity index (χ1v) is 5.75. The van der Waals surface area contributed by atoms with E-state index in [4.69, 9.17) is 5.11 Å². The van der Waals surface area contributed by atoms with E-state index < -0.39 is 11.4 Å². The molecule has 0 aliphatic carbocycles. The molecular weight excluding hydrogens is 190 g/mol. The molecule has 0 fully saturated rings. The minimum Gasteiger partial charge on any atom is -0.481 e. The van der Waals surface area contributed by atoms with Gasteiger partial charge in [0, 0.05) is 6.54 Å². The summed E-state index contributed by atoms with van der Waals surface area (Å²) in [6, 6.07) is 0. The Kier molecular flexibility index (Phi) is 5.88. The molecule has 0 unspecified atom stereocenters. The molecule has 0 heterocycles. The fourth-order valence-electron chi connectivity index (χ4n) is 1.44. The van der Waals surface area contributed by atoms with Crippen molar-refractivity contribution in [1.29, 1.82) is 0 Å². The Morgan fingerprint density at radius 2 is 1.93 bits per heavy atom. The molecule has 3 heteroatoms. The Labute approximate surface area is 93.5 Å². The van der Waals surface area contributed by atoms with Gasteiger partial charge in [0.05, 0.1) is 5.41 Å². The summed E-state index contributed by atoms with van der Waals surface area (Å²) in [7, 11) is 0. The summed E-state index contributed by atoms with van der Waals surface area (Å²) < 4.78 is 0. The van der Waals surface area contributed by atoms with Crippen LogP contribution < -0.4 is 0 Å². The van der Waals surface area contributed by atoms with Crippen molar-refractivity contribution in [3.8, 4) is 0 Å². The van der Waals surface area contributed by atoms with Gasteiger partial charge in [-0.1, -0.05) is 20.8 Å². The molecule has 0 saturated heterocycles. The van der Waals surface area contributed by atoms with Crippen molar-refractivity contribution < 1.29 is 9.90 Å². The molecule has 0 aromatic heterocycles. The highest BCUT2D eigenvalue weighted by atomic mass is 16.4. The van der Waals surface area contributed by atoms with Gasteiger partial charge in [0.15, 0.2) is 0 Å². The van der Waals surface area contributed by atoms with Crippen molar-refractivity contribution in [1.82, 2.24) is 4.90 Å². The summed E-state index contributed by atoms with van der Waals surface area (Å²) in [4.78, 5) is 13.2. The molecule has 0 amide bonds. The van der Waals surface area contributed by atoms with E-state index in [1.54, 1.807) is 13.8 Å². The average Bonchev–Trinajstić information content (AvgIpc) is 2.11. The summed E-state index contributed by atoms with van der Waals surface area (Å²) in [5, 5.41) is 8.99. The number of carboxylic acid groups (broad SMARTS) is 1. The van der Waals surface area contributed by atoms with Crippen LogP contribution in [0, 0.1) is 11.3 Å². The van der Waals surface area contributed by atoms with E-state index >= 15 is 0 Å². The van der Waals surface area contributed by atoms with Crippen molar-refractivity contribution in [3.63, 3.8) is 0 Å². The van der Waals surface area contributed by atoms with Crippen LogP contribution >= 0.6 is 0 Å². The number of carbonyl (C=O) groups is 1. The zero-order chi connectivity index (χ0) is 12.1. The molecule has 0 rings (SSSR count). The standard InChI is InChI=1S/C12H25NO2/c1-6-13(9-10(2)3)8-7-12(4,5)11(14)15/h10H,6-9H2,1-5H3,(H,14,15). The minimum atomic E-state index is -0.705. The molecule has 0 aromatic rings. The van der Waals surface area contributed by atoms with Gasteiger partial charge in [-0.25, -0.2) is 0 Å². The van der Waals surface area contributed by atoms with Crippen LogP contribution in [-0.4, -0.2) is 35.6 Å². The van der Waals surface area contributed by atoms with Gasteiger partial charge >= 0.3 is 5.97 Å². The lowest BCUT2D eigenvalue weighted by atomic mass is 9.89. The molecule has 0 aliphatic rings. The van der Waals surface area contributed by atoms with E-state index in [-0.39, 0.29) is 0 Å². The van der Waals surface area contributed by atoms with Crippen molar-refractivity contribution in [3.05, 3.63) is 0 Å². The van der Waals surface area contributed by atoms with E-state index in [0.717, 1.165) is 19.6 Å². The van der Waals surface area contributed by atoms with E-state index in [1.165, 1.54) is 0 Å². The van der Waals surface area contributed by atoms with Gasteiger partial charge in [0.1, 0.15) is 0 Å². The van der Waals surface area contributed by atoms with Crippen LogP contribution in [0.5, 0.6) is 0 Å². The second-order valence-corrected chi connectivity index (χ2v) is 5.23. The fourth-order valence-corrected chi connectivity index (χ4v) is 1.44. The second kappa shape index (κ2) is 6.11. The molecule has 0 bridgehead atoms. The molecule has 0 aliphatic heterocycles. The molecule has 0 spiro atoms. The normalized spacial score (nSPS) is 12.5. The van der Waals surface area contributed by atoms with E-state index in [1.807, 2.05) is 0 Å². The SMILES string of the molecule is CCN(CCC(C)(C)C(=O)O)CC(C)C. The number of hydrogen-bond donors (Lipinski definition) is 1. The third-order valence-electron chi connectivity index (χ3n) is 2.70. The van der Waals surface area contributed by atoms with Crippen LogP contribution in [0.4, 0.5) is 0 Å². The molecule has 0 aromatic carbocycles. The number of rotatable bonds is 7. The summed E-state index contributed by atoms with van der Waals surface area (Å²) in [6.45, 7) is 13.0. The third-order valence-corrected chi connectivity index (χ3v) is 2.70. The number of nitrogens with zero attached hydrogens (tertiary/aromatic N) is 1. The Bertz CT molecular complexity index is 200. The number of hydrogen-bond acceptors (Lipinski definition) is 2. The highest BCUT2D eigenvalue weighted by Gasteiger charge is 2.27. The fraction of sp³-hybridized carbons (Fsp3) is 0.917. The summed E-state index contributed by atoms with van der Waals surface area (Å²) in [6.07, 6.45) is 0.711. The zero-order valence-corrected chi connectivity index (χ0v) is 10.7. The molecule has 90 valence electrons. The summed E-state index contributed by atoms with van der Waals surface area (Å²) in [5.41, 5.74) is -0.607. The minimum absolute atomic E-state index is 0.607. The molecule has 0 radical (unpaired) electrons. The van der Waals surface area contributed by atoms with Crippen LogP contribution in [0.3, 0.4) is 0 Å². The molecule has 0 saturated carbocycles. The lowest BCUT2D eigenvalue weighted by Crippen LogP contribution is -2.34. The lowest BCUT2D eigenvalue weighted by Gasteiger charge is -2.26. The first-order valence-electron chi connectivity index (χ1n) is 5.75. The van der Waals surface area contributed by atoms with Crippen molar-refractivity contribution >= 4 is 5.97 Å². The highest BCUT2D eigenvalue weighted by Crippen LogP contribution is 2.20. The smallest absolute Gasteiger partial charge is 0.309 e. The summed E-state index contributed by atoms with van der Waals surface area (Å²) in [5.74, 6) is -0.0685.